The zero-order valence-electron chi connectivity index (χ0n) is 17.5. The van der Waals surface area contributed by atoms with Gasteiger partial charge in [-0.3, -0.25) is 14.5 Å². The van der Waals surface area contributed by atoms with E-state index in [9.17, 15) is 9.59 Å². The molecule has 1 N–H and O–H groups in total. The number of hydrogen-bond donors (Lipinski definition) is 1. The summed E-state index contributed by atoms with van der Waals surface area (Å²) in [7, 11) is 2.00. The number of nitrogens with zero attached hydrogens (tertiary/aromatic N) is 1. The Morgan fingerprint density at radius 1 is 1.03 bits per heavy atom. The molecule has 0 unspecified atom stereocenters. The highest BCUT2D eigenvalue weighted by Crippen LogP contribution is 2.37. The summed E-state index contributed by atoms with van der Waals surface area (Å²) in [5.41, 5.74) is 2.31. The summed E-state index contributed by atoms with van der Waals surface area (Å²) < 4.78 is 10.7. The van der Waals surface area contributed by atoms with E-state index < -0.39 is 0 Å². The fourth-order valence-corrected chi connectivity index (χ4v) is 4.46. The number of benzene rings is 2. The van der Waals surface area contributed by atoms with E-state index in [-0.39, 0.29) is 25.0 Å². The molecule has 2 aliphatic rings. The van der Waals surface area contributed by atoms with E-state index >= 15 is 0 Å². The number of hydrogen-bond acceptors (Lipinski definition) is 5. The monoisotopic (exact) mass is 408 g/mol. The number of Topliss-reactive ketones (excluding diaryl/α,β-unsaturated/α-hetero) is 1. The van der Waals surface area contributed by atoms with Gasteiger partial charge in [-0.05, 0) is 57.2 Å². The number of nitrogens with one attached hydrogen (secondary N) is 1. The Hall–Kier alpha value is -2.86. The first-order valence-electron chi connectivity index (χ1n) is 10.5. The summed E-state index contributed by atoms with van der Waals surface area (Å²) in [6, 6.07) is 14.4. The SMILES string of the molecule is CC(=O)c1cc2c(cc1NC(=O)CN(C)C1CCC(c3ccccc3)CC1)OCO2. The molecule has 4 rings (SSSR count). The summed E-state index contributed by atoms with van der Waals surface area (Å²) in [4.78, 5) is 26.8. The average molecular weight is 408 g/mol. The van der Waals surface area contributed by atoms with Crippen molar-refractivity contribution in [2.45, 2.75) is 44.6 Å². The fraction of sp³-hybridized carbons (Fsp3) is 0.417. The molecular weight excluding hydrogens is 380 g/mol. The normalized spacial score (nSPS) is 20.2. The molecule has 0 atom stereocenters. The van der Waals surface area contributed by atoms with E-state index in [0.717, 1.165) is 25.7 Å². The van der Waals surface area contributed by atoms with Gasteiger partial charge in [0.25, 0.3) is 0 Å². The Morgan fingerprint density at radius 3 is 2.37 bits per heavy atom. The van der Waals surface area contributed by atoms with Gasteiger partial charge in [-0.25, -0.2) is 0 Å². The lowest BCUT2D eigenvalue weighted by atomic mass is 9.81. The van der Waals surface area contributed by atoms with Gasteiger partial charge in [0.2, 0.25) is 12.7 Å². The van der Waals surface area contributed by atoms with Crippen molar-refractivity contribution in [3.63, 3.8) is 0 Å². The highest BCUT2D eigenvalue weighted by Gasteiger charge is 2.26. The predicted octanol–water partition coefficient (Wildman–Crippen LogP) is 4.21. The fourth-order valence-electron chi connectivity index (χ4n) is 4.46. The minimum atomic E-state index is -0.135. The number of ether oxygens (including phenoxy) is 2. The molecule has 0 aromatic heterocycles. The highest BCUT2D eigenvalue weighted by molar-refractivity contribution is 6.05. The maximum atomic E-state index is 12.7. The molecule has 0 spiro atoms. The van der Waals surface area contributed by atoms with Crippen LogP contribution in [0.25, 0.3) is 0 Å². The number of fused-ring (bicyclic) bond motifs is 1. The van der Waals surface area contributed by atoms with Crippen LogP contribution in [0.3, 0.4) is 0 Å². The molecule has 6 nitrogen and oxygen atoms in total. The molecule has 1 fully saturated rings. The Bertz CT molecular complexity index is 920. The van der Waals surface area contributed by atoms with Crippen molar-refractivity contribution in [1.82, 2.24) is 4.90 Å². The smallest absolute Gasteiger partial charge is 0.238 e. The molecule has 1 aliphatic heterocycles. The first kappa shape index (κ1) is 20.4. The van der Waals surface area contributed by atoms with E-state index in [1.165, 1.54) is 12.5 Å². The van der Waals surface area contributed by atoms with Crippen LogP contribution in [0.1, 0.15) is 54.4 Å². The number of ketones is 1. The summed E-state index contributed by atoms with van der Waals surface area (Å²) >= 11 is 0. The van der Waals surface area contributed by atoms with E-state index in [0.29, 0.717) is 34.7 Å². The number of carbonyl (C=O) groups is 2. The molecule has 0 radical (unpaired) electrons. The van der Waals surface area contributed by atoms with Gasteiger partial charge < -0.3 is 14.8 Å². The summed E-state index contributed by atoms with van der Waals surface area (Å²) in [5.74, 6) is 1.42. The third-order valence-corrected chi connectivity index (χ3v) is 6.15. The van der Waals surface area contributed by atoms with E-state index in [1.807, 2.05) is 7.05 Å². The van der Waals surface area contributed by atoms with Crippen molar-refractivity contribution in [3.8, 4) is 11.5 Å². The number of rotatable bonds is 6. The van der Waals surface area contributed by atoms with Crippen LogP contribution in [0.15, 0.2) is 42.5 Å². The zero-order valence-corrected chi connectivity index (χ0v) is 17.5. The topological polar surface area (TPSA) is 67.9 Å². The molecule has 0 bridgehead atoms. The minimum absolute atomic E-state index is 0.123. The predicted molar refractivity (Wildman–Crippen MR) is 115 cm³/mol. The summed E-state index contributed by atoms with van der Waals surface area (Å²) in [5, 5.41) is 2.89. The highest BCUT2D eigenvalue weighted by atomic mass is 16.7. The first-order valence-corrected chi connectivity index (χ1v) is 10.5. The standard InChI is InChI=1S/C24H28N2O4/c1-16(27)20-12-22-23(30-15-29-22)13-21(20)25-24(28)14-26(2)19-10-8-18(9-11-19)17-6-4-3-5-7-17/h3-7,12-13,18-19H,8-11,14-15H2,1-2H3,(H,25,28). The molecule has 1 heterocycles. The molecular formula is C24H28N2O4. The van der Waals surface area contributed by atoms with Crippen LogP contribution in [-0.2, 0) is 4.79 Å². The van der Waals surface area contributed by atoms with E-state index in [1.54, 1.807) is 12.1 Å². The molecule has 0 saturated heterocycles. The molecule has 2 aromatic rings. The van der Waals surface area contributed by atoms with Crippen LogP contribution in [0.4, 0.5) is 5.69 Å². The third kappa shape index (κ3) is 4.49. The second-order valence-electron chi connectivity index (χ2n) is 8.19. The maximum absolute atomic E-state index is 12.7. The van der Waals surface area contributed by atoms with Crippen molar-refractivity contribution >= 4 is 17.4 Å². The van der Waals surface area contributed by atoms with Crippen molar-refractivity contribution < 1.29 is 19.1 Å². The van der Waals surface area contributed by atoms with Crippen molar-refractivity contribution in [3.05, 3.63) is 53.6 Å². The second-order valence-corrected chi connectivity index (χ2v) is 8.19. The van der Waals surface area contributed by atoms with Gasteiger partial charge in [0.15, 0.2) is 17.3 Å². The van der Waals surface area contributed by atoms with Crippen LogP contribution in [0.2, 0.25) is 0 Å². The summed E-state index contributed by atoms with van der Waals surface area (Å²) in [6.45, 7) is 1.88. The molecule has 1 aliphatic carbocycles. The molecule has 1 saturated carbocycles. The minimum Gasteiger partial charge on any atom is -0.454 e. The largest absolute Gasteiger partial charge is 0.454 e. The number of amides is 1. The lowest BCUT2D eigenvalue weighted by Gasteiger charge is -2.34. The average Bonchev–Trinajstić information content (AvgIpc) is 3.21. The van der Waals surface area contributed by atoms with Gasteiger partial charge in [-0.15, -0.1) is 0 Å². The molecule has 1 amide bonds. The number of likely N-dealkylation sites (N-methyl/N-ethyl adjacent to an activating group) is 1. The molecule has 30 heavy (non-hydrogen) atoms. The van der Waals surface area contributed by atoms with Gasteiger partial charge >= 0.3 is 0 Å². The molecule has 6 heteroatoms. The van der Waals surface area contributed by atoms with Crippen LogP contribution < -0.4 is 14.8 Å². The van der Waals surface area contributed by atoms with Gasteiger partial charge in [-0.2, -0.15) is 0 Å². The van der Waals surface area contributed by atoms with Gasteiger partial charge in [0, 0.05) is 17.7 Å². The van der Waals surface area contributed by atoms with Crippen molar-refractivity contribution in [2.75, 3.05) is 25.7 Å². The van der Waals surface area contributed by atoms with Gasteiger partial charge in [0.1, 0.15) is 0 Å². The maximum Gasteiger partial charge on any atom is 0.238 e. The van der Waals surface area contributed by atoms with Crippen LogP contribution in [0, 0.1) is 0 Å². The Kier molecular flexibility index (Phi) is 6.04. The number of anilines is 1. The Labute approximate surface area is 177 Å². The second kappa shape index (κ2) is 8.88. The van der Waals surface area contributed by atoms with Crippen LogP contribution in [0.5, 0.6) is 11.5 Å². The molecule has 158 valence electrons. The zero-order chi connectivity index (χ0) is 21.1. The van der Waals surface area contributed by atoms with Crippen molar-refractivity contribution in [1.29, 1.82) is 0 Å². The summed E-state index contributed by atoms with van der Waals surface area (Å²) in [6.07, 6.45) is 4.42. The Balaban J connectivity index is 1.34. The lowest BCUT2D eigenvalue weighted by molar-refractivity contribution is -0.117. The molecule has 2 aromatic carbocycles. The lowest BCUT2D eigenvalue weighted by Crippen LogP contribution is -2.40. The van der Waals surface area contributed by atoms with Gasteiger partial charge in [-0.1, -0.05) is 30.3 Å². The third-order valence-electron chi connectivity index (χ3n) is 6.15. The van der Waals surface area contributed by atoms with E-state index in [4.69, 9.17) is 9.47 Å². The van der Waals surface area contributed by atoms with Crippen LogP contribution in [-0.4, -0.2) is 43.0 Å². The van der Waals surface area contributed by atoms with E-state index in [2.05, 4.69) is 40.5 Å². The number of carbonyl (C=O) groups excluding carboxylic acids is 2. The first-order chi connectivity index (χ1) is 14.5. The van der Waals surface area contributed by atoms with Gasteiger partial charge in [0.05, 0.1) is 12.2 Å². The van der Waals surface area contributed by atoms with Crippen molar-refractivity contribution in [2.24, 2.45) is 0 Å². The quantitative estimate of drug-likeness (QED) is 0.725. The Morgan fingerprint density at radius 2 is 1.70 bits per heavy atom. The van der Waals surface area contributed by atoms with Crippen LogP contribution >= 0.6 is 0 Å².